The van der Waals surface area contributed by atoms with Gasteiger partial charge in [0.1, 0.15) is 11.6 Å². The van der Waals surface area contributed by atoms with E-state index >= 15 is 0 Å². The van der Waals surface area contributed by atoms with Crippen molar-refractivity contribution < 1.29 is 19.0 Å². The number of hydrogen-bond donors (Lipinski definition) is 1. The van der Waals surface area contributed by atoms with Gasteiger partial charge in [0.25, 0.3) is 0 Å². The number of carbonyl (C=O) groups is 1. The van der Waals surface area contributed by atoms with Gasteiger partial charge in [-0.1, -0.05) is 24.3 Å². The molecule has 116 valence electrons. The Bertz CT molecular complexity index is 622. The van der Waals surface area contributed by atoms with Gasteiger partial charge in [0.15, 0.2) is 0 Å². The van der Waals surface area contributed by atoms with Crippen LogP contribution in [-0.2, 0) is 4.79 Å². The second kappa shape index (κ2) is 7.59. The van der Waals surface area contributed by atoms with Crippen molar-refractivity contribution in [2.45, 2.75) is 25.7 Å². The van der Waals surface area contributed by atoms with Gasteiger partial charge in [-0.05, 0) is 55.2 Å². The number of hydrogen-bond acceptors (Lipinski definition) is 2. The Morgan fingerprint density at radius 3 is 2.50 bits per heavy atom. The van der Waals surface area contributed by atoms with Crippen molar-refractivity contribution in [3.63, 3.8) is 0 Å². The predicted octanol–water partition coefficient (Wildman–Crippen LogP) is 4.16. The van der Waals surface area contributed by atoms with Crippen LogP contribution in [0.2, 0.25) is 0 Å². The molecule has 22 heavy (non-hydrogen) atoms. The Hall–Kier alpha value is -2.36. The highest BCUT2D eigenvalue weighted by Gasteiger charge is 2.20. The third-order valence-electron chi connectivity index (χ3n) is 3.58. The van der Waals surface area contributed by atoms with Gasteiger partial charge in [-0.2, -0.15) is 0 Å². The molecule has 1 unspecified atom stereocenters. The van der Waals surface area contributed by atoms with Gasteiger partial charge in [0.2, 0.25) is 0 Å². The first-order valence-electron chi connectivity index (χ1n) is 7.24. The lowest BCUT2D eigenvalue weighted by atomic mass is 9.91. The van der Waals surface area contributed by atoms with Gasteiger partial charge in [0.05, 0.1) is 12.5 Å². The van der Waals surface area contributed by atoms with E-state index in [1.54, 1.807) is 12.1 Å². The van der Waals surface area contributed by atoms with Crippen molar-refractivity contribution in [2.75, 3.05) is 6.61 Å². The van der Waals surface area contributed by atoms with E-state index in [4.69, 9.17) is 4.74 Å². The second-order valence-electron chi connectivity index (χ2n) is 5.19. The first kappa shape index (κ1) is 16.0. The van der Waals surface area contributed by atoms with E-state index in [-0.39, 0.29) is 5.82 Å². The van der Waals surface area contributed by atoms with E-state index in [9.17, 15) is 14.3 Å². The first-order chi connectivity index (χ1) is 10.6. The molecule has 0 fully saturated rings. The van der Waals surface area contributed by atoms with E-state index in [2.05, 4.69) is 0 Å². The molecule has 2 aromatic rings. The molecular formula is C18H19FO3. The number of aliphatic carboxylic acids is 1. The molecule has 0 aliphatic rings. The van der Waals surface area contributed by atoms with E-state index in [0.29, 0.717) is 25.2 Å². The molecule has 2 aromatic carbocycles. The van der Waals surface area contributed by atoms with Crippen molar-refractivity contribution in [2.24, 2.45) is 0 Å². The normalized spacial score (nSPS) is 11.9. The minimum atomic E-state index is -0.823. The van der Waals surface area contributed by atoms with Crippen LogP contribution in [0.3, 0.4) is 0 Å². The largest absolute Gasteiger partial charge is 0.494 e. The third-order valence-corrected chi connectivity index (χ3v) is 3.58. The third kappa shape index (κ3) is 4.32. The average Bonchev–Trinajstić information content (AvgIpc) is 2.50. The summed E-state index contributed by atoms with van der Waals surface area (Å²) in [6, 6.07) is 13.3. The van der Waals surface area contributed by atoms with Crippen LogP contribution >= 0.6 is 0 Å². The molecule has 2 rings (SSSR count). The van der Waals surface area contributed by atoms with Crippen LogP contribution in [-0.4, -0.2) is 17.7 Å². The summed E-state index contributed by atoms with van der Waals surface area (Å²) >= 11 is 0. The summed E-state index contributed by atoms with van der Waals surface area (Å²) in [7, 11) is 0. The highest BCUT2D eigenvalue weighted by Crippen LogP contribution is 2.25. The minimum absolute atomic E-state index is 0.308. The molecule has 3 nitrogen and oxygen atoms in total. The van der Waals surface area contributed by atoms with Crippen LogP contribution in [0.25, 0.3) is 0 Å². The zero-order valence-corrected chi connectivity index (χ0v) is 12.5. The molecule has 4 heteroatoms. The van der Waals surface area contributed by atoms with Crippen LogP contribution in [0.5, 0.6) is 5.75 Å². The molecule has 1 atom stereocenters. The number of benzene rings is 2. The first-order valence-corrected chi connectivity index (χ1v) is 7.24. The lowest BCUT2D eigenvalue weighted by molar-refractivity contribution is -0.139. The quantitative estimate of drug-likeness (QED) is 0.781. The van der Waals surface area contributed by atoms with Crippen molar-refractivity contribution in [1.29, 1.82) is 0 Å². The SMILES string of the molecule is Cc1ccccc1C(CCCOc1ccc(F)cc1)C(=O)O. The van der Waals surface area contributed by atoms with Crippen LogP contribution < -0.4 is 4.74 Å². The Balaban J connectivity index is 1.89. The van der Waals surface area contributed by atoms with Gasteiger partial charge < -0.3 is 9.84 Å². The molecule has 0 aliphatic carbocycles. The van der Waals surface area contributed by atoms with E-state index < -0.39 is 11.9 Å². The lowest BCUT2D eigenvalue weighted by Gasteiger charge is -2.15. The standard InChI is InChI=1S/C18H19FO3/c1-13-5-2-3-6-16(13)17(18(20)21)7-4-12-22-15-10-8-14(19)9-11-15/h2-3,5-6,8-11,17H,4,7,12H2,1H3,(H,20,21). The topological polar surface area (TPSA) is 46.5 Å². The van der Waals surface area contributed by atoms with E-state index in [1.165, 1.54) is 12.1 Å². The zero-order chi connectivity index (χ0) is 15.9. The molecule has 0 amide bonds. The monoisotopic (exact) mass is 302 g/mol. The van der Waals surface area contributed by atoms with Crippen LogP contribution in [0.4, 0.5) is 4.39 Å². The fraction of sp³-hybridized carbons (Fsp3) is 0.278. The number of rotatable bonds is 7. The molecule has 0 aromatic heterocycles. The molecule has 1 N–H and O–H groups in total. The van der Waals surface area contributed by atoms with Crippen LogP contribution in [0, 0.1) is 12.7 Å². The van der Waals surface area contributed by atoms with Gasteiger partial charge in [-0.3, -0.25) is 4.79 Å². The molecule has 0 spiro atoms. The fourth-order valence-electron chi connectivity index (χ4n) is 2.40. The zero-order valence-electron chi connectivity index (χ0n) is 12.5. The molecule has 0 radical (unpaired) electrons. The highest BCUT2D eigenvalue weighted by atomic mass is 19.1. The number of aryl methyl sites for hydroxylation is 1. The van der Waals surface area contributed by atoms with E-state index in [0.717, 1.165) is 11.1 Å². The maximum atomic E-state index is 12.8. The summed E-state index contributed by atoms with van der Waals surface area (Å²) in [4.78, 5) is 11.5. The van der Waals surface area contributed by atoms with Crippen molar-refractivity contribution in [3.8, 4) is 5.75 Å². The summed E-state index contributed by atoms with van der Waals surface area (Å²) < 4.78 is 18.3. The van der Waals surface area contributed by atoms with Crippen molar-refractivity contribution >= 4 is 5.97 Å². The highest BCUT2D eigenvalue weighted by molar-refractivity contribution is 5.76. The Morgan fingerprint density at radius 2 is 1.86 bits per heavy atom. The maximum absolute atomic E-state index is 12.8. The van der Waals surface area contributed by atoms with Gasteiger partial charge in [-0.15, -0.1) is 0 Å². The van der Waals surface area contributed by atoms with Gasteiger partial charge in [0, 0.05) is 0 Å². The van der Waals surface area contributed by atoms with Crippen molar-refractivity contribution in [3.05, 3.63) is 65.5 Å². The van der Waals surface area contributed by atoms with Gasteiger partial charge in [-0.25, -0.2) is 4.39 Å². The summed E-state index contributed by atoms with van der Waals surface area (Å²) in [6.45, 7) is 2.32. The molecule has 0 bridgehead atoms. The van der Waals surface area contributed by atoms with Crippen molar-refractivity contribution in [1.82, 2.24) is 0 Å². The van der Waals surface area contributed by atoms with Gasteiger partial charge >= 0.3 is 5.97 Å². The average molecular weight is 302 g/mol. The molecule has 0 aliphatic heterocycles. The fourth-order valence-corrected chi connectivity index (χ4v) is 2.40. The smallest absolute Gasteiger partial charge is 0.310 e. The number of halogens is 1. The number of ether oxygens (including phenoxy) is 1. The summed E-state index contributed by atoms with van der Waals surface area (Å²) in [5.74, 6) is -1.07. The lowest BCUT2D eigenvalue weighted by Crippen LogP contribution is -2.14. The number of carboxylic acids is 1. The Labute approximate surface area is 129 Å². The Morgan fingerprint density at radius 1 is 1.18 bits per heavy atom. The molecule has 0 saturated carbocycles. The molecular weight excluding hydrogens is 283 g/mol. The predicted molar refractivity (Wildman–Crippen MR) is 82.7 cm³/mol. The van der Waals surface area contributed by atoms with Crippen LogP contribution in [0.15, 0.2) is 48.5 Å². The maximum Gasteiger partial charge on any atom is 0.310 e. The summed E-state index contributed by atoms with van der Waals surface area (Å²) in [5, 5.41) is 9.42. The summed E-state index contributed by atoms with van der Waals surface area (Å²) in [6.07, 6.45) is 1.12. The Kier molecular flexibility index (Phi) is 5.53. The minimum Gasteiger partial charge on any atom is -0.494 e. The van der Waals surface area contributed by atoms with Crippen LogP contribution in [0.1, 0.15) is 29.9 Å². The summed E-state index contributed by atoms with van der Waals surface area (Å²) in [5.41, 5.74) is 1.83. The molecule has 0 heterocycles. The van der Waals surface area contributed by atoms with E-state index in [1.807, 2.05) is 31.2 Å². The second-order valence-corrected chi connectivity index (χ2v) is 5.19. The molecule has 0 saturated heterocycles. The number of carboxylic acid groups (broad SMARTS) is 1.